The van der Waals surface area contributed by atoms with Crippen LogP contribution in [0, 0.1) is 0 Å². The molecule has 0 bridgehead atoms. The number of thioether (sulfide) groups is 1. The Hall–Kier alpha value is -2.91. The molecule has 4 aromatic rings. The first-order chi connectivity index (χ1) is 14.2. The molecule has 9 heteroatoms. The van der Waals surface area contributed by atoms with Gasteiger partial charge in [-0.15, -0.1) is 16.4 Å². The van der Waals surface area contributed by atoms with E-state index in [0.29, 0.717) is 12.3 Å². The van der Waals surface area contributed by atoms with Crippen LogP contribution in [-0.4, -0.2) is 39.4 Å². The minimum atomic E-state index is 0.605. The van der Waals surface area contributed by atoms with Gasteiger partial charge in [0.2, 0.25) is 5.16 Å². The van der Waals surface area contributed by atoms with E-state index < -0.39 is 0 Å². The first-order valence-electron chi connectivity index (χ1n) is 8.86. The summed E-state index contributed by atoms with van der Waals surface area (Å²) in [4.78, 5) is 4.73. The summed E-state index contributed by atoms with van der Waals surface area (Å²) in [5.41, 5.74) is 3.19. The van der Waals surface area contributed by atoms with E-state index >= 15 is 0 Å². The van der Waals surface area contributed by atoms with Crippen LogP contribution in [-0.2, 0) is 12.3 Å². The fourth-order valence-electron chi connectivity index (χ4n) is 2.68. The largest absolute Gasteiger partial charge is 0.497 e. The highest BCUT2D eigenvalue weighted by Gasteiger charge is 2.11. The van der Waals surface area contributed by atoms with Gasteiger partial charge in [-0.05, 0) is 52.4 Å². The van der Waals surface area contributed by atoms with E-state index in [1.54, 1.807) is 42.0 Å². The van der Waals surface area contributed by atoms with Crippen LogP contribution >= 0.6 is 23.1 Å². The van der Waals surface area contributed by atoms with Crippen molar-refractivity contribution in [3.05, 3.63) is 65.2 Å². The van der Waals surface area contributed by atoms with Crippen molar-refractivity contribution >= 4 is 23.1 Å². The Balaban J connectivity index is 1.39. The zero-order chi connectivity index (χ0) is 20.1. The second-order valence-electron chi connectivity index (χ2n) is 6.13. The SMILES string of the molecule is COc1ccc(Cn2nnnc2SCc2csc(-c3ccc(OC)cc3)n2)cc1. The number of methoxy groups -OCH3 is 2. The Morgan fingerprint density at radius 2 is 1.66 bits per heavy atom. The maximum absolute atomic E-state index is 5.21. The van der Waals surface area contributed by atoms with E-state index in [1.807, 2.05) is 48.5 Å². The summed E-state index contributed by atoms with van der Waals surface area (Å²) in [6.45, 7) is 0.605. The smallest absolute Gasteiger partial charge is 0.210 e. The number of ether oxygens (including phenoxy) is 2. The maximum atomic E-state index is 5.21. The summed E-state index contributed by atoms with van der Waals surface area (Å²) in [6.07, 6.45) is 0. The quantitative estimate of drug-likeness (QED) is 0.393. The molecule has 2 aromatic carbocycles. The lowest BCUT2D eigenvalue weighted by Crippen LogP contribution is -2.04. The number of thiazole rings is 1. The van der Waals surface area contributed by atoms with Gasteiger partial charge < -0.3 is 9.47 Å². The number of tetrazole rings is 1. The fraction of sp³-hybridized carbons (Fsp3) is 0.200. The monoisotopic (exact) mass is 425 g/mol. The first kappa shape index (κ1) is 19.4. The average Bonchev–Trinajstić information content (AvgIpc) is 3.42. The Morgan fingerprint density at radius 1 is 0.966 bits per heavy atom. The molecule has 0 amide bonds. The van der Waals surface area contributed by atoms with Crippen molar-refractivity contribution in [3.8, 4) is 22.1 Å². The molecule has 2 aromatic heterocycles. The zero-order valence-corrected chi connectivity index (χ0v) is 17.6. The lowest BCUT2D eigenvalue weighted by atomic mass is 10.2. The lowest BCUT2D eigenvalue weighted by Gasteiger charge is -2.05. The van der Waals surface area contributed by atoms with Gasteiger partial charge in [-0.2, -0.15) is 0 Å². The lowest BCUT2D eigenvalue weighted by molar-refractivity contribution is 0.414. The van der Waals surface area contributed by atoms with Crippen LogP contribution in [0.4, 0.5) is 0 Å². The van der Waals surface area contributed by atoms with Gasteiger partial charge in [0.1, 0.15) is 16.5 Å². The van der Waals surface area contributed by atoms with Crippen LogP contribution in [0.1, 0.15) is 11.3 Å². The molecule has 4 rings (SSSR count). The third kappa shape index (κ3) is 4.75. The minimum Gasteiger partial charge on any atom is -0.497 e. The van der Waals surface area contributed by atoms with E-state index in [2.05, 4.69) is 20.9 Å². The molecule has 0 aliphatic heterocycles. The van der Waals surface area contributed by atoms with Gasteiger partial charge in [0.15, 0.2) is 0 Å². The Morgan fingerprint density at radius 3 is 2.34 bits per heavy atom. The molecule has 0 radical (unpaired) electrons. The summed E-state index contributed by atoms with van der Waals surface area (Å²) in [5.74, 6) is 2.37. The van der Waals surface area contributed by atoms with E-state index in [0.717, 1.165) is 38.5 Å². The van der Waals surface area contributed by atoms with E-state index in [9.17, 15) is 0 Å². The predicted molar refractivity (Wildman–Crippen MR) is 114 cm³/mol. The van der Waals surface area contributed by atoms with Crippen LogP contribution in [0.3, 0.4) is 0 Å². The van der Waals surface area contributed by atoms with Crippen LogP contribution < -0.4 is 9.47 Å². The van der Waals surface area contributed by atoms with Crippen molar-refractivity contribution in [1.82, 2.24) is 25.2 Å². The number of nitrogens with zero attached hydrogens (tertiary/aromatic N) is 5. The highest BCUT2D eigenvalue weighted by Crippen LogP contribution is 2.28. The van der Waals surface area contributed by atoms with Gasteiger partial charge in [-0.25, -0.2) is 9.67 Å². The minimum absolute atomic E-state index is 0.605. The number of hydrogen-bond donors (Lipinski definition) is 0. The molecule has 0 aliphatic rings. The highest BCUT2D eigenvalue weighted by atomic mass is 32.2. The molecule has 29 heavy (non-hydrogen) atoms. The Bertz CT molecular complexity index is 1060. The molecule has 0 saturated carbocycles. The van der Waals surface area contributed by atoms with E-state index in [1.165, 1.54) is 0 Å². The second kappa shape index (κ2) is 9.06. The van der Waals surface area contributed by atoms with Gasteiger partial charge in [0.05, 0.1) is 26.5 Å². The molecular weight excluding hydrogens is 406 g/mol. The average molecular weight is 426 g/mol. The Labute approximate surface area is 176 Å². The summed E-state index contributed by atoms with van der Waals surface area (Å²) in [7, 11) is 3.32. The predicted octanol–water partition coefficient (Wildman–Crippen LogP) is 4.15. The van der Waals surface area contributed by atoms with Crippen molar-refractivity contribution in [2.45, 2.75) is 17.5 Å². The molecule has 0 aliphatic carbocycles. The number of aromatic nitrogens is 5. The van der Waals surface area contributed by atoms with E-state index in [4.69, 9.17) is 14.5 Å². The zero-order valence-electron chi connectivity index (χ0n) is 16.0. The molecule has 0 N–H and O–H groups in total. The third-order valence-corrected chi connectivity index (χ3v) is 6.16. The van der Waals surface area contributed by atoms with Gasteiger partial charge >= 0.3 is 0 Å². The van der Waals surface area contributed by atoms with Crippen molar-refractivity contribution in [3.63, 3.8) is 0 Å². The van der Waals surface area contributed by atoms with Crippen molar-refractivity contribution < 1.29 is 9.47 Å². The van der Waals surface area contributed by atoms with Gasteiger partial charge in [-0.3, -0.25) is 0 Å². The fourth-order valence-corrected chi connectivity index (χ4v) is 4.38. The van der Waals surface area contributed by atoms with Gasteiger partial charge in [-0.1, -0.05) is 23.9 Å². The number of hydrogen-bond acceptors (Lipinski definition) is 8. The van der Waals surface area contributed by atoms with Crippen LogP contribution in [0.25, 0.3) is 10.6 Å². The summed E-state index contributed by atoms with van der Waals surface area (Å²) in [5, 5.41) is 15.9. The van der Waals surface area contributed by atoms with Gasteiger partial charge in [0.25, 0.3) is 0 Å². The third-order valence-electron chi connectivity index (χ3n) is 4.23. The van der Waals surface area contributed by atoms with Crippen LogP contribution in [0.2, 0.25) is 0 Å². The van der Waals surface area contributed by atoms with Crippen molar-refractivity contribution in [2.75, 3.05) is 14.2 Å². The second-order valence-corrected chi connectivity index (χ2v) is 7.93. The molecule has 0 atom stereocenters. The maximum Gasteiger partial charge on any atom is 0.210 e. The molecule has 7 nitrogen and oxygen atoms in total. The summed E-state index contributed by atoms with van der Waals surface area (Å²) < 4.78 is 12.2. The van der Waals surface area contributed by atoms with E-state index in [-0.39, 0.29) is 0 Å². The van der Waals surface area contributed by atoms with Crippen LogP contribution in [0.15, 0.2) is 59.1 Å². The van der Waals surface area contributed by atoms with Gasteiger partial charge in [0, 0.05) is 16.7 Å². The van der Waals surface area contributed by atoms with Crippen molar-refractivity contribution in [1.29, 1.82) is 0 Å². The number of benzene rings is 2. The molecular formula is C20H19N5O2S2. The summed E-state index contributed by atoms with van der Waals surface area (Å²) in [6, 6.07) is 15.8. The standard InChI is InChI=1S/C20H19N5O2S2/c1-26-17-7-3-14(4-8-17)11-25-20(22-23-24-25)29-13-16-12-28-19(21-16)15-5-9-18(27-2)10-6-15/h3-10,12H,11,13H2,1-2H3. The molecule has 0 fully saturated rings. The van der Waals surface area contributed by atoms with Crippen LogP contribution in [0.5, 0.6) is 11.5 Å². The normalized spacial score (nSPS) is 10.8. The Kier molecular flexibility index (Phi) is 6.06. The first-order valence-corrected chi connectivity index (χ1v) is 10.7. The van der Waals surface area contributed by atoms with Crippen molar-refractivity contribution in [2.24, 2.45) is 0 Å². The molecule has 0 spiro atoms. The number of rotatable bonds is 8. The highest BCUT2D eigenvalue weighted by molar-refractivity contribution is 7.98. The molecule has 0 unspecified atom stereocenters. The topological polar surface area (TPSA) is 75.0 Å². The molecule has 0 saturated heterocycles. The summed E-state index contributed by atoms with van der Waals surface area (Å²) >= 11 is 3.20. The molecule has 2 heterocycles. The molecule has 148 valence electrons.